The molecule has 0 nitrogen and oxygen atoms in total. The fourth-order valence-electron chi connectivity index (χ4n) is 2.17. The predicted octanol–water partition coefficient (Wildman–Crippen LogP) is 4.45. The Labute approximate surface area is 99.0 Å². The molecule has 16 heavy (non-hydrogen) atoms. The normalized spacial score (nSPS) is 10.8. The number of rotatable bonds is 7. The van der Waals surface area contributed by atoms with Gasteiger partial charge in [-0.25, -0.2) is 0 Å². The molecule has 0 amide bonds. The van der Waals surface area contributed by atoms with Crippen LogP contribution in [0.4, 0.5) is 0 Å². The molecule has 0 aliphatic carbocycles. The highest BCUT2D eigenvalue weighted by atomic mass is 14.3. The molecule has 0 saturated carbocycles. The number of hydrogen-bond donors (Lipinski definition) is 0. The Balaban J connectivity index is 3.13. The van der Waals surface area contributed by atoms with Crippen molar-refractivity contribution in [3.05, 3.63) is 73.9 Å². The Morgan fingerprint density at radius 3 is 1.75 bits per heavy atom. The van der Waals surface area contributed by atoms with E-state index in [9.17, 15) is 0 Å². The summed E-state index contributed by atoms with van der Waals surface area (Å²) in [6.07, 6.45) is 8.75. The van der Waals surface area contributed by atoms with Crippen molar-refractivity contribution in [1.82, 2.24) is 0 Å². The van der Waals surface area contributed by atoms with E-state index in [4.69, 9.17) is 0 Å². The van der Waals surface area contributed by atoms with Crippen LogP contribution in [0.1, 0.15) is 24.8 Å². The molecule has 1 rings (SSSR count). The number of allylic oxidation sites excluding steroid dienone is 3. The number of hydrogen-bond acceptors (Lipinski definition) is 0. The molecule has 0 aliphatic rings. The first kappa shape index (κ1) is 12.5. The van der Waals surface area contributed by atoms with E-state index in [-0.39, 0.29) is 5.41 Å². The van der Waals surface area contributed by atoms with Gasteiger partial charge < -0.3 is 0 Å². The average molecular weight is 211 g/mol. The molecule has 83 valence electrons. The molecule has 0 aliphatic heterocycles. The lowest BCUT2D eigenvalue weighted by Gasteiger charge is -2.31. The van der Waals surface area contributed by atoms with Crippen LogP contribution < -0.4 is 0 Å². The van der Waals surface area contributed by atoms with Gasteiger partial charge in [-0.05, 0) is 30.9 Å². The van der Waals surface area contributed by atoms with E-state index in [2.05, 4.69) is 37.9 Å². The Hall–Kier alpha value is -1.56. The Morgan fingerprint density at radius 2 is 1.38 bits per heavy atom. The third kappa shape index (κ3) is 2.73. The summed E-state index contributed by atoms with van der Waals surface area (Å²) in [5.74, 6) is 0. The summed E-state index contributed by atoms with van der Waals surface area (Å²) < 4.78 is 0. The molecule has 0 unspecified atom stereocenters. The Bertz CT molecular complexity index is 319. The van der Waals surface area contributed by atoms with Gasteiger partial charge >= 0.3 is 0 Å². The van der Waals surface area contributed by atoms with E-state index >= 15 is 0 Å². The lowest BCUT2D eigenvalue weighted by Crippen LogP contribution is -2.24. The maximum Gasteiger partial charge on any atom is 0.00560 e. The monoisotopic (exact) mass is 211 g/mol. The maximum atomic E-state index is 3.86. The first-order chi connectivity index (χ1) is 7.79. The third-order valence-corrected chi connectivity index (χ3v) is 2.94. The Morgan fingerprint density at radius 1 is 0.938 bits per heavy atom. The number of benzene rings is 1. The summed E-state index contributed by atoms with van der Waals surface area (Å²) in [5, 5.41) is 0. The third-order valence-electron chi connectivity index (χ3n) is 2.94. The summed E-state index contributed by atoms with van der Waals surface area (Å²) in [5.41, 5.74) is 1.38. The van der Waals surface area contributed by atoms with Gasteiger partial charge in [0.1, 0.15) is 0 Å². The molecule has 0 heteroatoms. The second-order valence-electron chi connectivity index (χ2n) is 4.05. The largest absolute Gasteiger partial charge is 0.103 e. The molecule has 0 bridgehead atoms. The quantitative estimate of drug-likeness (QED) is 0.584. The van der Waals surface area contributed by atoms with Crippen LogP contribution in [0.5, 0.6) is 0 Å². The van der Waals surface area contributed by atoms with Gasteiger partial charge in [-0.1, -0.05) is 42.5 Å². The van der Waals surface area contributed by atoms with Crippen LogP contribution in [0.2, 0.25) is 0 Å². The molecular weight excluding hydrogens is 192 g/mol. The van der Waals surface area contributed by atoms with Crippen molar-refractivity contribution >= 4 is 0 Å². The smallest absolute Gasteiger partial charge is 0.00560 e. The first-order valence-corrected chi connectivity index (χ1v) is 5.58. The lowest BCUT2D eigenvalue weighted by atomic mass is 9.72. The maximum absolute atomic E-state index is 3.86. The van der Waals surface area contributed by atoms with Crippen LogP contribution in [-0.2, 0) is 5.41 Å². The van der Waals surface area contributed by atoms with E-state index < -0.39 is 0 Å². The van der Waals surface area contributed by atoms with Crippen molar-refractivity contribution in [3.8, 4) is 0 Å². The fraction of sp³-hybridized carbons (Fsp3) is 0.250. The second-order valence-corrected chi connectivity index (χ2v) is 4.05. The van der Waals surface area contributed by atoms with Gasteiger partial charge in [-0.3, -0.25) is 0 Å². The zero-order valence-electron chi connectivity index (χ0n) is 9.78. The minimum atomic E-state index is 0.0698. The first-order valence-electron chi connectivity index (χ1n) is 5.58. The average Bonchev–Trinajstić information content (AvgIpc) is 2.31. The van der Waals surface area contributed by atoms with Crippen molar-refractivity contribution in [2.45, 2.75) is 24.7 Å². The van der Waals surface area contributed by atoms with Crippen LogP contribution >= 0.6 is 0 Å². The standard InChI is InChI=1S/C16H19/c1-4-12-16(13-5-2,14-6-3)15-10-8-7-9-11-15/h4-6,8-11H,1-3,12-14H2. The topological polar surface area (TPSA) is 0 Å². The van der Waals surface area contributed by atoms with Gasteiger partial charge in [0.15, 0.2) is 0 Å². The van der Waals surface area contributed by atoms with Gasteiger partial charge in [0, 0.05) is 5.41 Å². The highest BCUT2D eigenvalue weighted by molar-refractivity contribution is 5.28. The highest BCUT2D eigenvalue weighted by Crippen LogP contribution is 2.36. The van der Waals surface area contributed by atoms with Gasteiger partial charge in [0.2, 0.25) is 0 Å². The molecule has 1 aromatic rings. The second kappa shape index (κ2) is 6.12. The van der Waals surface area contributed by atoms with Crippen molar-refractivity contribution < 1.29 is 0 Å². The fourth-order valence-corrected chi connectivity index (χ4v) is 2.17. The van der Waals surface area contributed by atoms with E-state index in [1.54, 1.807) is 0 Å². The van der Waals surface area contributed by atoms with Crippen molar-refractivity contribution in [2.24, 2.45) is 0 Å². The summed E-state index contributed by atoms with van der Waals surface area (Å²) in [4.78, 5) is 0. The molecule has 0 N–H and O–H groups in total. The van der Waals surface area contributed by atoms with Crippen LogP contribution in [0.15, 0.2) is 62.2 Å². The molecule has 0 aromatic heterocycles. The van der Waals surface area contributed by atoms with Crippen molar-refractivity contribution in [1.29, 1.82) is 0 Å². The van der Waals surface area contributed by atoms with Crippen molar-refractivity contribution in [3.63, 3.8) is 0 Å². The minimum Gasteiger partial charge on any atom is -0.103 e. The SMILES string of the molecule is C=CCC(CC=C)(CC=C)c1cc[c]cc1. The van der Waals surface area contributed by atoms with Gasteiger partial charge in [0.05, 0.1) is 0 Å². The highest BCUT2D eigenvalue weighted by Gasteiger charge is 2.27. The molecule has 0 spiro atoms. The summed E-state index contributed by atoms with van der Waals surface area (Å²) in [6, 6.07) is 11.2. The summed E-state index contributed by atoms with van der Waals surface area (Å²) in [6.45, 7) is 11.6. The minimum absolute atomic E-state index is 0.0698. The zero-order valence-corrected chi connectivity index (χ0v) is 9.78. The van der Waals surface area contributed by atoms with E-state index in [1.807, 2.05) is 30.4 Å². The van der Waals surface area contributed by atoms with E-state index in [0.717, 1.165) is 19.3 Å². The van der Waals surface area contributed by atoms with E-state index in [0.29, 0.717) is 0 Å². The predicted molar refractivity (Wildman–Crippen MR) is 71.4 cm³/mol. The molecule has 1 aromatic carbocycles. The molecule has 0 saturated heterocycles. The lowest BCUT2D eigenvalue weighted by molar-refractivity contribution is 0.442. The molecule has 0 fully saturated rings. The van der Waals surface area contributed by atoms with E-state index in [1.165, 1.54) is 5.56 Å². The van der Waals surface area contributed by atoms with Gasteiger partial charge in [0.25, 0.3) is 0 Å². The van der Waals surface area contributed by atoms with Crippen LogP contribution in [0, 0.1) is 6.07 Å². The molecule has 0 atom stereocenters. The van der Waals surface area contributed by atoms with Crippen molar-refractivity contribution in [2.75, 3.05) is 0 Å². The molecular formula is C16H19. The van der Waals surface area contributed by atoms with Crippen LogP contribution in [0.25, 0.3) is 0 Å². The van der Waals surface area contributed by atoms with Crippen LogP contribution in [-0.4, -0.2) is 0 Å². The zero-order chi connectivity index (χ0) is 11.9. The molecule has 0 heterocycles. The van der Waals surface area contributed by atoms with Gasteiger partial charge in [-0.2, -0.15) is 0 Å². The Kier molecular flexibility index (Phi) is 4.78. The molecule has 1 radical (unpaired) electrons. The van der Waals surface area contributed by atoms with Gasteiger partial charge in [-0.15, -0.1) is 19.7 Å². The van der Waals surface area contributed by atoms with Crippen LogP contribution in [0.3, 0.4) is 0 Å². The summed E-state index contributed by atoms with van der Waals surface area (Å²) in [7, 11) is 0. The summed E-state index contributed by atoms with van der Waals surface area (Å²) >= 11 is 0.